The Morgan fingerprint density at radius 2 is 1.75 bits per heavy atom. The minimum atomic E-state index is -0.502. The molecule has 0 radical (unpaired) electrons. The zero-order chi connectivity index (χ0) is 15.1. The minimum absolute atomic E-state index is 0.0351. The van der Waals surface area contributed by atoms with Crippen molar-refractivity contribution in [2.75, 3.05) is 29.5 Å². The predicted molar refractivity (Wildman–Crippen MR) is 84.6 cm³/mol. The number of benzene rings is 1. The number of nitrogens with zero attached hydrogens (tertiary/aromatic N) is 1. The average Bonchev–Trinajstić information content (AvgIpc) is 2.36. The van der Waals surface area contributed by atoms with E-state index in [-0.39, 0.29) is 16.1 Å². The van der Waals surface area contributed by atoms with Crippen molar-refractivity contribution in [3.63, 3.8) is 0 Å². The van der Waals surface area contributed by atoms with Crippen molar-refractivity contribution in [2.45, 2.75) is 33.6 Å². The largest absolute Gasteiger partial charge is 0.397 e. The molecule has 0 bridgehead atoms. The lowest BCUT2D eigenvalue weighted by Gasteiger charge is -2.40. The fourth-order valence-electron chi connectivity index (χ4n) is 2.95. The highest BCUT2D eigenvalue weighted by atomic mass is 35.5. The van der Waals surface area contributed by atoms with Crippen LogP contribution >= 0.6 is 11.6 Å². The van der Waals surface area contributed by atoms with E-state index < -0.39 is 5.82 Å². The molecule has 0 aliphatic carbocycles. The molecular formula is C15H23ClFN3. The summed E-state index contributed by atoms with van der Waals surface area (Å²) in [6.07, 6.45) is 2.06. The second-order valence-corrected chi connectivity index (χ2v) is 7.04. The molecule has 1 heterocycles. The first kappa shape index (κ1) is 15.2. The molecule has 0 spiro atoms. The molecule has 0 unspecified atom stereocenters. The van der Waals surface area contributed by atoms with Crippen LogP contribution in [-0.4, -0.2) is 13.1 Å². The van der Waals surface area contributed by atoms with Crippen LogP contribution in [0, 0.1) is 17.2 Å². The number of piperidine rings is 1. The number of rotatable bonds is 1. The van der Waals surface area contributed by atoms with Crippen molar-refractivity contribution in [1.29, 1.82) is 0 Å². The van der Waals surface area contributed by atoms with Crippen LogP contribution in [0.2, 0.25) is 5.02 Å². The SMILES string of the molecule is CC(C)(C)C1CCN(c2c(N)cc(N)c(Cl)c2F)CC1. The number of anilines is 3. The summed E-state index contributed by atoms with van der Waals surface area (Å²) in [5.41, 5.74) is 12.8. The Bertz CT molecular complexity index is 503. The van der Waals surface area contributed by atoms with E-state index in [1.165, 1.54) is 6.07 Å². The molecular weight excluding hydrogens is 277 g/mol. The summed E-state index contributed by atoms with van der Waals surface area (Å²) in [5, 5.41) is -0.0351. The molecule has 1 aliphatic heterocycles. The van der Waals surface area contributed by atoms with Crippen LogP contribution in [-0.2, 0) is 0 Å². The van der Waals surface area contributed by atoms with Crippen LogP contribution in [0.4, 0.5) is 21.5 Å². The Kier molecular flexibility index (Phi) is 4.05. The van der Waals surface area contributed by atoms with Gasteiger partial charge in [-0.2, -0.15) is 0 Å². The Morgan fingerprint density at radius 1 is 1.20 bits per heavy atom. The number of nitrogen functional groups attached to an aromatic ring is 2. The van der Waals surface area contributed by atoms with Crippen LogP contribution in [0.15, 0.2) is 6.07 Å². The Morgan fingerprint density at radius 3 is 2.25 bits per heavy atom. The summed E-state index contributed by atoms with van der Waals surface area (Å²) >= 11 is 5.89. The maximum Gasteiger partial charge on any atom is 0.169 e. The third-order valence-electron chi connectivity index (χ3n) is 4.27. The van der Waals surface area contributed by atoms with Gasteiger partial charge in [0.2, 0.25) is 0 Å². The zero-order valence-corrected chi connectivity index (χ0v) is 13.1. The summed E-state index contributed by atoms with van der Waals surface area (Å²) in [5.74, 6) is 0.144. The van der Waals surface area contributed by atoms with Gasteiger partial charge in [0, 0.05) is 13.1 Å². The smallest absolute Gasteiger partial charge is 0.169 e. The van der Waals surface area contributed by atoms with Crippen LogP contribution < -0.4 is 16.4 Å². The van der Waals surface area contributed by atoms with Gasteiger partial charge in [-0.3, -0.25) is 0 Å². The topological polar surface area (TPSA) is 55.3 Å². The second kappa shape index (κ2) is 5.32. The maximum absolute atomic E-state index is 14.3. The second-order valence-electron chi connectivity index (χ2n) is 6.66. The molecule has 0 atom stereocenters. The first-order valence-electron chi connectivity index (χ1n) is 6.99. The molecule has 20 heavy (non-hydrogen) atoms. The van der Waals surface area contributed by atoms with Gasteiger partial charge in [0.15, 0.2) is 5.82 Å². The van der Waals surface area contributed by atoms with Gasteiger partial charge in [0.05, 0.1) is 17.1 Å². The first-order valence-corrected chi connectivity index (χ1v) is 7.37. The number of halogens is 2. The van der Waals surface area contributed by atoms with Crippen LogP contribution in [0.1, 0.15) is 33.6 Å². The van der Waals surface area contributed by atoms with E-state index in [1.807, 2.05) is 4.90 Å². The molecule has 5 heteroatoms. The van der Waals surface area contributed by atoms with Gasteiger partial charge in [-0.25, -0.2) is 4.39 Å². The van der Waals surface area contributed by atoms with Crippen molar-refractivity contribution < 1.29 is 4.39 Å². The van der Waals surface area contributed by atoms with Crippen molar-refractivity contribution in [2.24, 2.45) is 11.3 Å². The Hall–Kier alpha value is -1.16. The number of nitrogens with two attached hydrogens (primary N) is 2. The third-order valence-corrected chi connectivity index (χ3v) is 4.66. The third kappa shape index (κ3) is 2.80. The molecule has 0 amide bonds. The standard InChI is InChI=1S/C15H23ClFN3/c1-15(2,3)9-4-6-20(7-5-9)14-11(19)8-10(18)12(16)13(14)17/h8-9H,4-7,18-19H2,1-3H3. The molecule has 0 aromatic heterocycles. The van der Waals surface area contributed by atoms with E-state index in [0.29, 0.717) is 17.3 Å². The molecule has 4 N–H and O–H groups in total. The predicted octanol–water partition coefficient (Wildman–Crippen LogP) is 3.91. The van der Waals surface area contributed by atoms with Gasteiger partial charge < -0.3 is 16.4 Å². The van der Waals surface area contributed by atoms with Crippen molar-refractivity contribution in [3.8, 4) is 0 Å². The fourth-order valence-corrected chi connectivity index (χ4v) is 3.09. The molecule has 1 fully saturated rings. The molecule has 112 valence electrons. The summed E-state index contributed by atoms with van der Waals surface area (Å²) in [4.78, 5) is 1.98. The lowest BCUT2D eigenvalue weighted by Crippen LogP contribution is -2.38. The van der Waals surface area contributed by atoms with E-state index in [1.54, 1.807) is 0 Å². The Labute approximate surface area is 125 Å². The molecule has 2 rings (SSSR count). The van der Waals surface area contributed by atoms with E-state index in [0.717, 1.165) is 25.9 Å². The highest BCUT2D eigenvalue weighted by Gasteiger charge is 2.30. The van der Waals surface area contributed by atoms with E-state index >= 15 is 0 Å². The summed E-state index contributed by atoms with van der Waals surface area (Å²) in [6.45, 7) is 8.35. The summed E-state index contributed by atoms with van der Waals surface area (Å²) < 4.78 is 14.3. The van der Waals surface area contributed by atoms with Crippen LogP contribution in [0.25, 0.3) is 0 Å². The maximum atomic E-state index is 14.3. The molecule has 0 saturated carbocycles. The Balaban J connectivity index is 2.22. The zero-order valence-electron chi connectivity index (χ0n) is 12.3. The molecule has 1 aromatic rings. The van der Waals surface area contributed by atoms with E-state index in [4.69, 9.17) is 23.1 Å². The van der Waals surface area contributed by atoms with Crippen molar-refractivity contribution in [1.82, 2.24) is 0 Å². The highest BCUT2D eigenvalue weighted by molar-refractivity contribution is 6.33. The highest BCUT2D eigenvalue weighted by Crippen LogP contribution is 2.40. The molecule has 1 aliphatic rings. The van der Waals surface area contributed by atoms with Crippen LogP contribution in [0.5, 0.6) is 0 Å². The van der Waals surface area contributed by atoms with Crippen molar-refractivity contribution in [3.05, 3.63) is 16.9 Å². The molecule has 1 aromatic carbocycles. The minimum Gasteiger partial charge on any atom is -0.397 e. The fraction of sp³-hybridized carbons (Fsp3) is 0.600. The van der Waals surface area contributed by atoms with Gasteiger partial charge in [0.25, 0.3) is 0 Å². The van der Waals surface area contributed by atoms with Gasteiger partial charge >= 0.3 is 0 Å². The number of hydrogen-bond acceptors (Lipinski definition) is 3. The lowest BCUT2D eigenvalue weighted by atomic mass is 9.75. The monoisotopic (exact) mass is 299 g/mol. The first-order chi connectivity index (χ1) is 9.21. The average molecular weight is 300 g/mol. The van der Waals surface area contributed by atoms with Gasteiger partial charge in [-0.1, -0.05) is 32.4 Å². The van der Waals surface area contributed by atoms with Crippen molar-refractivity contribution >= 4 is 28.7 Å². The van der Waals surface area contributed by atoms with E-state index in [9.17, 15) is 4.39 Å². The summed E-state index contributed by atoms with van der Waals surface area (Å²) in [7, 11) is 0. The van der Waals surface area contributed by atoms with E-state index in [2.05, 4.69) is 20.8 Å². The number of hydrogen-bond donors (Lipinski definition) is 2. The lowest BCUT2D eigenvalue weighted by molar-refractivity contribution is 0.199. The summed E-state index contributed by atoms with van der Waals surface area (Å²) in [6, 6.07) is 1.54. The van der Waals surface area contributed by atoms with Gasteiger partial charge in [0.1, 0.15) is 5.02 Å². The quantitative estimate of drug-likeness (QED) is 0.773. The normalized spacial score (nSPS) is 17.6. The molecule has 1 saturated heterocycles. The van der Waals surface area contributed by atoms with Gasteiger partial charge in [-0.05, 0) is 30.2 Å². The molecule has 3 nitrogen and oxygen atoms in total. The van der Waals surface area contributed by atoms with Gasteiger partial charge in [-0.15, -0.1) is 0 Å². The van der Waals surface area contributed by atoms with Crippen LogP contribution in [0.3, 0.4) is 0 Å².